The number of nitrogens with one attached hydrogen (secondary N) is 1. The van der Waals surface area contributed by atoms with Crippen LogP contribution in [-0.2, 0) is 9.53 Å². The lowest BCUT2D eigenvalue weighted by Crippen LogP contribution is -2.37. The van der Waals surface area contributed by atoms with E-state index in [2.05, 4.69) is 5.32 Å². The number of hydrogen-bond acceptors (Lipinski definition) is 4. The molecule has 0 aliphatic heterocycles. The zero-order chi connectivity index (χ0) is 14.3. The fraction of sp³-hybridized carbons (Fsp3) is 0.462. The molecule has 1 atom stereocenters. The third-order valence-corrected chi connectivity index (χ3v) is 2.48. The molecule has 0 saturated carbocycles. The largest absolute Gasteiger partial charge is 0.481 e. The van der Waals surface area contributed by atoms with Gasteiger partial charge in [0.15, 0.2) is 6.10 Å². The minimum Gasteiger partial charge on any atom is -0.481 e. The summed E-state index contributed by atoms with van der Waals surface area (Å²) in [6.45, 7) is 2.69. The van der Waals surface area contributed by atoms with Crippen molar-refractivity contribution in [1.29, 1.82) is 0 Å². The summed E-state index contributed by atoms with van der Waals surface area (Å²) in [4.78, 5) is 11.7. The first kappa shape index (κ1) is 15.2. The lowest BCUT2D eigenvalue weighted by atomic mass is 10.3. The van der Waals surface area contributed by atoms with Gasteiger partial charge in [-0.1, -0.05) is 0 Å². The number of methoxy groups -OCH3 is 1. The normalized spacial score (nSPS) is 11.9. The number of benzene rings is 1. The van der Waals surface area contributed by atoms with Gasteiger partial charge in [0.05, 0.1) is 5.69 Å². The summed E-state index contributed by atoms with van der Waals surface area (Å²) in [7, 11) is 1.60. The first-order chi connectivity index (χ1) is 9.04. The van der Waals surface area contributed by atoms with Crippen molar-refractivity contribution in [3.63, 3.8) is 0 Å². The lowest BCUT2D eigenvalue weighted by Gasteiger charge is -2.15. The number of carbonyl (C=O) groups is 1. The van der Waals surface area contributed by atoms with Gasteiger partial charge in [0.1, 0.15) is 11.6 Å². The summed E-state index contributed by atoms with van der Waals surface area (Å²) in [5.41, 5.74) is 5.40. The first-order valence-electron chi connectivity index (χ1n) is 6.03. The van der Waals surface area contributed by atoms with Crippen molar-refractivity contribution in [3.05, 3.63) is 24.0 Å². The van der Waals surface area contributed by atoms with Crippen LogP contribution in [0.4, 0.5) is 10.1 Å². The number of halogens is 1. The molecule has 0 heterocycles. The van der Waals surface area contributed by atoms with E-state index in [1.54, 1.807) is 14.0 Å². The molecule has 106 valence electrons. The number of amides is 1. The molecule has 1 rings (SSSR count). The van der Waals surface area contributed by atoms with Crippen LogP contribution in [0.25, 0.3) is 0 Å². The van der Waals surface area contributed by atoms with Crippen LogP contribution in [0.5, 0.6) is 5.75 Å². The third-order valence-electron chi connectivity index (χ3n) is 2.48. The van der Waals surface area contributed by atoms with Gasteiger partial charge >= 0.3 is 0 Å². The number of carbonyl (C=O) groups excluding carboxylic acids is 1. The van der Waals surface area contributed by atoms with Gasteiger partial charge in [-0.05, 0) is 25.5 Å². The van der Waals surface area contributed by atoms with Crippen LogP contribution in [0.2, 0.25) is 0 Å². The highest BCUT2D eigenvalue weighted by atomic mass is 19.1. The topological polar surface area (TPSA) is 73.6 Å². The molecule has 1 aromatic carbocycles. The van der Waals surface area contributed by atoms with Gasteiger partial charge in [0.2, 0.25) is 0 Å². The molecule has 6 heteroatoms. The van der Waals surface area contributed by atoms with Gasteiger partial charge in [-0.15, -0.1) is 0 Å². The maximum absolute atomic E-state index is 13.2. The van der Waals surface area contributed by atoms with Gasteiger partial charge in [0.25, 0.3) is 5.91 Å². The fourth-order valence-corrected chi connectivity index (χ4v) is 1.41. The summed E-state index contributed by atoms with van der Waals surface area (Å²) in [5, 5.41) is 2.70. The van der Waals surface area contributed by atoms with E-state index in [1.807, 2.05) is 0 Å². The maximum atomic E-state index is 13.2. The van der Waals surface area contributed by atoms with Crippen LogP contribution in [-0.4, -0.2) is 32.3 Å². The van der Waals surface area contributed by atoms with Crippen molar-refractivity contribution in [3.8, 4) is 5.75 Å². The summed E-state index contributed by atoms with van der Waals surface area (Å²) in [5.74, 6) is -0.551. The molecule has 0 radical (unpaired) electrons. The Morgan fingerprint density at radius 3 is 2.89 bits per heavy atom. The van der Waals surface area contributed by atoms with Gasteiger partial charge < -0.3 is 20.5 Å². The van der Waals surface area contributed by atoms with E-state index in [1.165, 1.54) is 12.1 Å². The molecule has 1 aromatic rings. The molecule has 0 spiro atoms. The molecule has 0 fully saturated rings. The zero-order valence-electron chi connectivity index (χ0n) is 11.1. The van der Waals surface area contributed by atoms with Crippen molar-refractivity contribution >= 4 is 11.6 Å². The average Bonchev–Trinajstić information content (AvgIpc) is 2.38. The van der Waals surface area contributed by atoms with E-state index in [0.29, 0.717) is 13.2 Å². The fourth-order valence-electron chi connectivity index (χ4n) is 1.41. The number of nitrogens with two attached hydrogens (primary N) is 1. The van der Waals surface area contributed by atoms with E-state index in [4.69, 9.17) is 15.2 Å². The predicted molar refractivity (Wildman–Crippen MR) is 70.4 cm³/mol. The van der Waals surface area contributed by atoms with E-state index < -0.39 is 11.9 Å². The molecule has 1 amide bonds. The lowest BCUT2D eigenvalue weighted by molar-refractivity contribution is -0.127. The maximum Gasteiger partial charge on any atom is 0.260 e. The summed E-state index contributed by atoms with van der Waals surface area (Å²) in [6, 6.07) is 4.07. The molecule has 0 aliphatic carbocycles. The van der Waals surface area contributed by atoms with Crippen molar-refractivity contribution in [2.24, 2.45) is 0 Å². The molecule has 1 unspecified atom stereocenters. The Morgan fingerprint density at radius 2 is 2.26 bits per heavy atom. The van der Waals surface area contributed by atoms with Crippen molar-refractivity contribution in [1.82, 2.24) is 5.32 Å². The van der Waals surface area contributed by atoms with Crippen LogP contribution >= 0.6 is 0 Å². The minimum absolute atomic E-state index is 0.0454. The van der Waals surface area contributed by atoms with E-state index >= 15 is 0 Å². The third kappa shape index (κ3) is 5.13. The SMILES string of the molecule is COCCCNC(=O)C(C)Oc1ccc(N)c(F)c1. The van der Waals surface area contributed by atoms with E-state index in [9.17, 15) is 9.18 Å². The van der Waals surface area contributed by atoms with Crippen LogP contribution in [0.15, 0.2) is 18.2 Å². The average molecular weight is 270 g/mol. The second-order valence-electron chi connectivity index (χ2n) is 4.08. The molecular weight excluding hydrogens is 251 g/mol. The van der Waals surface area contributed by atoms with Gasteiger partial charge in [-0.3, -0.25) is 4.79 Å². The van der Waals surface area contributed by atoms with E-state index in [0.717, 1.165) is 12.5 Å². The molecule has 3 N–H and O–H groups in total. The number of anilines is 1. The number of ether oxygens (including phenoxy) is 2. The van der Waals surface area contributed by atoms with Gasteiger partial charge in [0, 0.05) is 26.3 Å². The highest BCUT2D eigenvalue weighted by molar-refractivity contribution is 5.80. The molecule has 0 saturated heterocycles. The molecule has 0 aromatic heterocycles. The Bertz CT molecular complexity index is 426. The Balaban J connectivity index is 2.42. The summed E-state index contributed by atoms with van der Waals surface area (Å²) >= 11 is 0. The second kappa shape index (κ2) is 7.58. The van der Waals surface area contributed by atoms with Crippen molar-refractivity contribution < 1.29 is 18.7 Å². The van der Waals surface area contributed by atoms with Crippen LogP contribution in [0.3, 0.4) is 0 Å². The molecule has 0 aliphatic rings. The summed E-state index contributed by atoms with van der Waals surface area (Å²) in [6.07, 6.45) is 0.0245. The Labute approximate surface area is 111 Å². The second-order valence-corrected chi connectivity index (χ2v) is 4.08. The zero-order valence-corrected chi connectivity index (χ0v) is 11.1. The predicted octanol–water partition coefficient (Wildman–Crippen LogP) is 1.33. The molecule has 19 heavy (non-hydrogen) atoms. The van der Waals surface area contributed by atoms with E-state index in [-0.39, 0.29) is 17.3 Å². The van der Waals surface area contributed by atoms with Crippen LogP contribution in [0.1, 0.15) is 13.3 Å². The minimum atomic E-state index is -0.703. The van der Waals surface area contributed by atoms with Crippen molar-refractivity contribution in [2.45, 2.75) is 19.4 Å². The highest BCUT2D eigenvalue weighted by Gasteiger charge is 2.14. The van der Waals surface area contributed by atoms with Crippen molar-refractivity contribution in [2.75, 3.05) is 26.0 Å². The number of hydrogen-bond donors (Lipinski definition) is 2. The molecule has 5 nitrogen and oxygen atoms in total. The number of rotatable bonds is 7. The summed E-state index contributed by atoms with van der Waals surface area (Å²) < 4.78 is 23.4. The van der Waals surface area contributed by atoms with Crippen LogP contribution in [0, 0.1) is 5.82 Å². The Hall–Kier alpha value is -1.82. The molecular formula is C13H19FN2O3. The first-order valence-corrected chi connectivity index (χ1v) is 6.03. The monoisotopic (exact) mass is 270 g/mol. The Kier molecular flexibility index (Phi) is 6.08. The van der Waals surface area contributed by atoms with Crippen LogP contribution < -0.4 is 15.8 Å². The smallest absolute Gasteiger partial charge is 0.260 e. The van der Waals surface area contributed by atoms with Gasteiger partial charge in [-0.2, -0.15) is 0 Å². The highest BCUT2D eigenvalue weighted by Crippen LogP contribution is 2.18. The number of nitrogen functional groups attached to an aromatic ring is 1. The molecule has 0 bridgehead atoms. The standard InChI is InChI=1S/C13H19FN2O3/c1-9(13(17)16-6-3-7-18-2)19-10-4-5-12(15)11(14)8-10/h4-5,8-9H,3,6-7,15H2,1-2H3,(H,16,17). The Morgan fingerprint density at radius 1 is 1.53 bits per heavy atom. The quantitative estimate of drug-likeness (QED) is 0.579. The van der Waals surface area contributed by atoms with Gasteiger partial charge in [-0.25, -0.2) is 4.39 Å².